The fourth-order valence-corrected chi connectivity index (χ4v) is 2.76. The number of rotatable bonds is 7. The molecule has 0 aliphatic carbocycles. The number of carbonyl (C=O) groups excluding carboxylic acids is 1. The molecule has 0 aliphatic rings. The fourth-order valence-electron chi connectivity index (χ4n) is 2.76. The maximum absolute atomic E-state index is 13.0. The third-order valence-electron chi connectivity index (χ3n) is 4.18. The number of methoxy groups -OCH3 is 1. The van der Waals surface area contributed by atoms with Gasteiger partial charge < -0.3 is 14.8 Å². The van der Waals surface area contributed by atoms with Gasteiger partial charge in [0.15, 0.2) is 0 Å². The number of nitrogens with one attached hydrogen (secondary N) is 1. The Bertz CT molecular complexity index is 930. The molecule has 0 saturated heterocycles. The molecule has 28 heavy (non-hydrogen) atoms. The molecule has 3 rings (SSSR count). The van der Waals surface area contributed by atoms with Crippen molar-refractivity contribution in [2.75, 3.05) is 19.0 Å². The lowest BCUT2D eigenvalue weighted by Gasteiger charge is -2.11. The summed E-state index contributed by atoms with van der Waals surface area (Å²) in [6.45, 7) is 2.54. The molecule has 3 aromatic carbocycles. The Morgan fingerprint density at radius 1 is 0.893 bits per heavy atom. The molecule has 0 bridgehead atoms. The second kappa shape index (κ2) is 9.42. The molecule has 4 heteroatoms. The molecule has 0 aliphatic heterocycles. The van der Waals surface area contributed by atoms with E-state index in [0.717, 1.165) is 22.6 Å². The van der Waals surface area contributed by atoms with Crippen molar-refractivity contribution in [1.82, 2.24) is 0 Å². The molecular formula is C24H23NO3. The van der Waals surface area contributed by atoms with Crippen molar-refractivity contribution in [3.8, 4) is 11.5 Å². The van der Waals surface area contributed by atoms with E-state index in [-0.39, 0.29) is 5.91 Å². The monoisotopic (exact) mass is 373 g/mol. The van der Waals surface area contributed by atoms with Gasteiger partial charge in [0.05, 0.1) is 13.7 Å². The molecule has 0 heterocycles. The lowest BCUT2D eigenvalue weighted by molar-refractivity contribution is -0.111. The first kappa shape index (κ1) is 19.2. The summed E-state index contributed by atoms with van der Waals surface area (Å²) in [5.74, 6) is 1.38. The van der Waals surface area contributed by atoms with E-state index < -0.39 is 0 Å². The quantitative estimate of drug-likeness (QED) is 0.453. The predicted molar refractivity (Wildman–Crippen MR) is 114 cm³/mol. The van der Waals surface area contributed by atoms with Crippen LogP contribution in [0.4, 0.5) is 5.69 Å². The Morgan fingerprint density at radius 2 is 1.54 bits per heavy atom. The van der Waals surface area contributed by atoms with Crippen LogP contribution in [-0.2, 0) is 4.79 Å². The molecular weight excluding hydrogens is 350 g/mol. The Hall–Kier alpha value is -3.53. The highest BCUT2D eigenvalue weighted by atomic mass is 16.5. The van der Waals surface area contributed by atoms with Gasteiger partial charge in [-0.1, -0.05) is 42.5 Å². The first-order valence-electron chi connectivity index (χ1n) is 9.15. The number of amides is 1. The maximum atomic E-state index is 13.0. The van der Waals surface area contributed by atoms with Crippen molar-refractivity contribution in [1.29, 1.82) is 0 Å². The van der Waals surface area contributed by atoms with Gasteiger partial charge in [0, 0.05) is 11.3 Å². The lowest BCUT2D eigenvalue weighted by atomic mass is 10.0. The normalized spacial score (nSPS) is 11.0. The topological polar surface area (TPSA) is 47.6 Å². The first-order valence-corrected chi connectivity index (χ1v) is 9.15. The number of anilines is 1. The Balaban J connectivity index is 1.87. The summed E-state index contributed by atoms with van der Waals surface area (Å²) in [7, 11) is 1.63. The zero-order valence-corrected chi connectivity index (χ0v) is 16.0. The van der Waals surface area contributed by atoms with Gasteiger partial charge in [0.25, 0.3) is 5.91 Å². The van der Waals surface area contributed by atoms with Gasteiger partial charge in [-0.05, 0) is 60.5 Å². The minimum Gasteiger partial charge on any atom is -0.497 e. The van der Waals surface area contributed by atoms with Crippen LogP contribution < -0.4 is 14.8 Å². The molecule has 0 radical (unpaired) electrons. The van der Waals surface area contributed by atoms with E-state index in [1.54, 1.807) is 7.11 Å². The molecule has 0 saturated carbocycles. The third-order valence-corrected chi connectivity index (χ3v) is 4.18. The van der Waals surface area contributed by atoms with E-state index in [4.69, 9.17) is 9.47 Å². The zero-order chi connectivity index (χ0) is 19.8. The Kier molecular flexibility index (Phi) is 6.47. The van der Waals surface area contributed by atoms with E-state index in [0.29, 0.717) is 17.9 Å². The number of hydrogen-bond acceptors (Lipinski definition) is 3. The highest BCUT2D eigenvalue weighted by molar-refractivity contribution is 6.29. The van der Waals surface area contributed by atoms with Crippen LogP contribution >= 0.6 is 0 Å². The molecule has 0 unspecified atom stereocenters. The highest BCUT2D eigenvalue weighted by Gasteiger charge is 2.12. The van der Waals surface area contributed by atoms with Crippen LogP contribution in [0.15, 0.2) is 78.9 Å². The number of carbonyl (C=O) groups is 1. The van der Waals surface area contributed by atoms with Gasteiger partial charge >= 0.3 is 0 Å². The molecule has 142 valence electrons. The molecule has 0 aromatic heterocycles. The summed E-state index contributed by atoms with van der Waals surface area (Å²) >= 11 is 0. The SMILES string of the molecule is CCOc1ccc(NC(=O)/C(=C/c2ccc(OC)cc2)c2ccccc2)cc1. The summed E-state index contributed by atoms with van der Waals surface area (Å²) in [4.78, 5) is 13.0. The summed E-state index contributed by atoms with van der Waals surface area (Å²) in [6.07, 6.45) is 1.87. The van der Waals surface area contributed by atoms with E-state index in [2.05, 4.69) is 5.32 Å². The van der Waals surface area contributed by atoms with Crippen LogP contribution in [0.2, 0.25) is 0 Å². The molecule has 4 nitrogen and oxygen atoms in total. The van der Waals surface area contributed by atoms with Gasteiger partial charge in [-0.3, -0.25) is 4.79 Å². The van der Waals surface area contributed by atoms with Crippen LogP contribution in [0.3, 0.4) is 0 Å². The average Bonchev–Trinajstić information content (AvgIpc) is 2.74. The zero-order valence-electron chi connectivity index (χ0n) is 16.0. The second-order valence-corrected chi connectivity index (χ2v) is 6.11. The van der Waals surface area contributed by atoms with Crippen LogP contribution in [0, 0.1) is 0 Å². The number of hydrogen-bond donors (Lipinski definition) is 1. The van der Waals surface area contributed by atoms with Crippen molar-refractivity contribution in [3.63, 3.8) is 0 Å². The molecule has 0 atom stereocenters. The Morgan fingerprint density at radius 3 is 2.14 bits per heavy atom. The first-order chi connectivity index (χ1) is 13.7. The van der Waals surface area contributed by atoms with Crippen molar-refractivity contribution in [2.24, 2.45) is 0 Å². The summed E-state index contributed by atoms with van der Waals surface area (Å²) in [5, 5.41) is 2.97. The van der Waals surface area contributed by atoms with Gasteiger partial charge in [-0.15, -0.1) is 0 Å². The van der Waals surface area contributed by atoms with Crippen molar-refractivity contribution in [2.45, 2.75) is 6.92 Å². The minimum atomic E-state index is -0.175. The van der Waals surface area contributed by atoms with Crippen LogP contribution in [0.1, 0.15) is 18.1 Å². The Labute approximate surface area is 165 Å². The predicted octanol–water partition coefficient (Wildman–Crippen LogP) is 5.27. The van der Waals surface area contributed by atoms with E-state index in [1.165, 1.54) is 0 Å². The van der Waals surface area contributed by atoms with Gasteiger partial charge in [0.2, 0.25) is 0 Å². The molecule has 3 aromatic rings. The second-order valence-electron chi connectivity index (χ2n) is 6.11. The largest absolute Gasteiger partial charge is 0.497 e. The van der Waals surface area contributed by atoms with E-state index in [1.807, 2.05) is 91.9 Å². The van der Waals surface area contributed by atoms with Crippen LogP contribution in [-0.4, -0.2) is 19.6 Å². The van der Waals surface area contributed by atoms with E-state index in [9.17, 15) is 4.79 Å². The van der Waals surface area contributed by atoms with Crippen molar-refractivity contribution >= 4 is 23.2 Å². The maximum Gasteiger partial charge on any atom is 0.256 e. The molecule has 0 spiro atoms. The number of ether oxygens (including phenoxy) is 2. The summed E-state index contributed by atoms with van der Waals surface area (Å²) < 4.78 is 10.6. The summed E-state index contributed by atoms with van der Waals surface area (Å²) in [5.41, 5.74) is 3.06. The van der Waals surface area contributed by atoms with Crippen molar-refractivity contribution < 1.29 is 14.3 Å². The van der Waals surface area contributed by atoms with E-state index >= 15 is 0 Å². The highest BCUT2D eigenvalue weighted by Crippen LogP contribution is 2.23. The van der Waals surface area contributed by atoms with Gasteiger partial charge in [0.1, 0.15) is 11.5 Å². The standard InChI is InChI=1S/C24H23NO3/c1-3-28-22-15-11-20(12-16-22)25-24(26)23(19-7-5-4-6-8-19)17-18-9-13-21(27-2)14-10-18/h4-17H,3H2,1-2H3,(H,25,26)/b23-17+. The minimum absolute atomic E-state index is 0.175. The third kappa shape index (κ3) is 5.01. The lowest BCUT2D eigenvalue weighted by Crippen LogP contribution is -2.13. The average molecular weight is 373 g/mol. The smallest absolute Gasteiger partial charge is 0.256 e. The molecule has 1 N–H and O–H groups in total. The van der Waals surface area contributed by atoms with Gasteiger partial charge in [-0.25, -0.2) is 0 Å². The number of benzene rings is 3. The molecule has 1 amide bonds. The van der Waals surface area contributed by atoms with Crippen LogP contribution in [0.25, 0.3) is 11.6 Å². The fraction of sp³-hybridized carbons (Fsp3) is 0.125. The van der Waals surface area contributed by atoms with Gasteiger partial charge in [-0.2, -0.15) is 0 Å². The van der Waals surface area contributed by atoms with Crippen LogP contribution in [0.5, 0.6) is 11.5 Å². The van der Waals surface area contributed by atoms with Crippen molar-refractivity contribution in [3.05, 3.63) is 90.0 Å². The molecule has 0 fully saturated rings. The summed E-state index contributed by atoms with van der Waals surface area (Å²) in [6, 6.07) is 24.6.